The van der Waals surface area contributed by atoms with Crippen LogP contribution in [0, 0.1) is 17.8 Å². The van der Waals surface area contributed by atoms with E-state index in [9.17, 15) is 9.90 Å². The molecule has 0 saturated heterocycles. The van der Waals surface area contributed by atoms with E-state index in [0.717, 1.165) is 40.0 Å². The van der Waals surface area contributed by atoms with Gasteiger partial charge in [-0.05, 0) is 97.4 Å². The molecule has 3 nitrogen and oxygen atoms in total. The summed E-state index contributed by atoms with van der Waals surface area (Å²) in [6, 6.07) is 11.8. The van der Waals surface area contributed by atoms with Crippen LogP contribution in [0.25, 0.3) is 11.1 Å². The third-order valence-corrected chi connectivity index (χ3v) is 7.89. The lowest BCUT2D eigenvalue weighted by Gasteiger charge is -2.57. The van der Waals surface area contributed by atoms with Crippen molar-refractivity contribution in [3.8, 4) is 16.9 Å². The van der Waals surface area contributed by atoms with E-state index in [2.05, 4.69) is 6.07 Å². The Labute approximate surface area is 176 Å². The van der Waals surface area contributed by atoms with E-state index in [0.29, 0.717) is 17.2 Å². The number of carboxylic acids is 1. The Morgan fingerprint density at radius 3 is 2.24 bits per heavy atom. The highest BCUT2D eigenvalue weighted by molar-refractivity contribution is 6.33. The SMILES string of the molecule is O=C(O)CCc1ccc(-c2ccc(O)c(C34CC5CC(CC(C5)C3)C4)c2)c(Cl)c1. The summed E-state index contributed by atoms with van der Waals surface area (Å²) in [5, 5.41) is 20.3. The first kappa shape index (κ1) is 19.0. The standard InChI is InChI=1S/C25H27ClO3/c26-22-10-15(2-6-24(28)29)1-4-20(22)19-3-5-23(27)21(11-19)25-12-16-7-17(13-25)9-18(8-16)14-25/h1,3-5,10-11,16-18,27H,2,6-9,12-14H2,(H,28,29). The number of aryl methyl sites for hydroxylation is 1. The molecule has 2 aromatic rings. The van der Waals surface area contributed by atoms with Crippen LogP contribution in [-0.4, -0.2) is 16.2 Å². The molecule has 0 aliphatic heterocycles. The molecule has 4 aliphatic rings. The lowest BCUT2D eigenvalue weighted by atomic mass is 9.48. The molecule has 6 rings (SSSR count). The number of hydrogen-bond acceptors (Lipinski definition) is 2. The number of carbonyl (C=O) groups is 1. The van der Waals surface area contributed by atoms with Gasteiger partial charge in [0.15, 0.2) is 0 Å². The summed E-state index contributed by atoms with van der Waals surface area (Å²) < 4.78 is 0. The molecule has 4 bridgehead atoms. The smallest absolute Gasteiger partial charge is 0.303 e. The Morgan fingerprint density at radius 1 is 1.00 bits per heavy atom. The van der Waals surface area contributed by atoms with Crippen molar-refractivity contribution in [2.24, 2.45) is 17.8 Å². The normalized spacial score (nSPS) is 29.9. The van der Waals surface area contributed by atoms with Gasteiger partial charge in [-0.15, -0.1) is 0 Å². The number of aliphatic carboxylic acids is 1. The summed E-state index contributed by atoms with van der Waals surface area (Å²) in [7, 11) is 0. The minimum atomic E-state index is -0.802. The topological polar surface area (TPSA) is 57.5 Å². The van der Waals surface area contributed by atoms with Gasteiger partial charge in [0.05, 0.1) is 0 Å². The summed E-state index contributed by atoms with van der Waals surface area (Å²) in [5.74, 6) is 2.08. The summed E-state index contributed by atoms with van der Waals surface area (Å²) in [6.45, 7) is 0. The second-order valence-electron chi connectivity index (χ2n) is 9.64. The lowest BCUT2D eigenvalue weighted by molar-refractivity contribution is -0.136. The maximum atomic E-state index is 10.8. The van der Waals surface area contributed by atoms with Crippen molar-refractivity contribution in [3.05, 3.63) is 52.5 Å². The van der Waals surface area contributed by atoms with Gasteiger partial charge in [-0.2, -0.15) is 0 Å². The Bertz CT molecular complexity index is 929. The maximum absolute atomic E-state index is 10.8. The summed E-state index contributed by atoms with van der Waals surface area (Å²) in [6.07, 6.45) is 8.33. The van der Waals surface area contributed by atoms with Gasteiger partial charge >= 0.3 is 5.97 Å². The molecule has 2 N–H and O–H groups in total. The highest BCUT2D eigenvalue weighted by Crippen LogP contribution is 2.62. The van der Waals surface area contributed by atoms with Crippen LogP contribution < -0.4 is 0 Å². The van der Waals surface area contributed by atoms with Crippen molar-refractivity contribution in [2.75, 3.05) is 0 Å². The number of phenolic OH excluding ortho intramolecular Hbond substituents is 1. The zero-order valence-electron chi connectivity index (χ0n) is 16.5. The minimum absolute atomic E-state index is 0.102. The largest absolute Gasteiger partial charge is 0.508 e. The molecule has 0 amide bonds. The molecule has 4 aliphatic carbocycles. The average Bonchev–Trinajstić information content (AvgIpc) is 2.66. The maximum Gasteiger partial charge on any atom is 0.303 e. The van der Waals surface area contributed by atoms with Gasteiger partial charge in [0.25, 0.3) is 0 Å². The van der Waals surface area contributed by atoms with Crippen molar-refractivity contribution in [2.45, 2.75) is 56.8 Å². The van der Waals surface area contributed by atoms with Crippen LogP contribution in [0.1, 0.15) is 56.1 Å². The molecular formula is C25H27ClO3. The third-order valence-electron chi connectivity index (χ3n) is 7.58. The number of phenols is 1. The van der Waals surface area contributed by atoms with Crippen LogP contribution in [0.5, 0.6) is 5.75 Å². The fourth-order valence-electron chi connectivity index (χ4n) is 6.77. The van der Waals surface area contributed by atoms with E-state index in [1.54, 1.807) is 0 Å². The van der Waals surface area contributed by atoms with Crippen LogP contribution in [0.3, 0.4) is 0 Å². The second kappa shape index (κ2) is 7.05. The number of carboxylic acid groups (broad SMARTS) is 1. The Kier molecular flexibility index (Phi) is 4.62. The van der Waals surface area contributed by atoms with Crippen molar-refractivity contribution in [1.82, 2.24) is 0 Å². The zero-order valence-corrected chi connectivity index (χ0v) is 17.3. The molecule has 4 fully saturated rings. The predicted octanol–water partition coefficient (Wildman–Crippen LogP) is 6.20. The van der Waals surface area contributed by atoms with E-state index in [-0.39, 0.29) is 11.8 Å². The van der Waals surface area contributed by atoms with Crippen LogP contribution in [0.2, 0.25) is 5.02 Å². The number of rotatable bonds is 5. The Morgan fingerprint density at radius 2 is 1.66 bits per heavy atom. The van der Waals surface area contributed by atoms with Crippen molar-refractivity contribution >= 4 is 17.6 Å². The zero-order chi connectivity index (χ0) is 20.2. The quantitative estimate of drug-likeness (QED) is 0.617. The minimum Gasteiger partial charge on any atom is -0.508 e. The van der Waals surface area contributed by atoms with E-state index in [1.807, 2.05) is 30.3 Å². The van der Waals surface area contributed by atoms with Crippen LogP contribution >= 0.6 is 11.6 Å². The summed E-state index contributed by atoms with van der Waals surface area (Å²) in [5.41, 5.74) is 4.14. The molecule has 0 aromatic heterocycles. The lowest BCUT2D eigenvalue weighted by Crippen LogP contribution is -2.48. The fourth-order valence-corrected chi connectivity index (χ4v) is 7.08. The second-order valence-corrected chi connectivity index (χ2v) is 10.0. The van der Waals surface area contributed by atoms with Gasteiger partial charge in [0.2, 0.25) is 0 Å². The van der Waals surface area contributed by atoms with Gasteiger partial charge in [0, 0.05) is 22.6 Å². The monoisotopic (exact) mass is 410 g/mol. The molecule has 4 heteroatoms. The van der Waals surface area contributed by atoms with Crippen molar-refractivity contribution < 1.29 is 15.0 Å². The number of benzene rings is 2. The molecule has 4 saturated carbocycles. The van der Waals surface area contributed by atoms with Gasteiger partial charge in [-0.1, -0.05) is 29.8 Å². The molecule has 0 unspecified atom stereocenters. The third kappa shape index (κ3) is 3.44. The number of halogens is 1. The van der Waals surface area contributed by atoms with Gasteiger partial charge in [-0.3, -0.25) is 4.79 Å². The van der Waals surface area contributed by atoms with E-state index < -0.39 is 5.97 Å². The molecule has 0 radical (unpaired) electrons. The molecule has 2 aromatic carbocycles. The van der Waals surface area contributed by atoms with Gasteiger partial charge < -0.3 is 10.2 Å². The van der Waals surface area contributed by atoms with E-state index in [4.69, 9.17) is 16.7 Å². The van der Waals surface area contributed by atoms with Crippen LogP contribution in [0.15, 0.2) is 36.4 Å². The molecular weight excluding hydrogens is 384 g/mol. The van der Waals surface area contributed by atoms with Crippen molar-refractivity contribution in [3.63, 3.8) is 0 Å². The van der Waals surface area contributed by atoms with Crippen LogP contribution in [-0.2, 0) is 16.6 Å². The highest BCUT2D eigenvalue weighted by Gasteiger charge is 2.52. The molecule has 0 spiro atoms. The first-order valence-corrected chi connectivity index (χ1v) is 11.1. The molecule has 152 valence electrons. The molecule has 29 heavy (non-hydrogen) atoms. The Balaban J connectivity index is 1.48. The van der Waals surface area contributed by atoms with Crippen LogP contribution in [0.4, 0.5) is 0 Å². The fraction of sp³-hybridized carbons (Fsp3) is 0.480. The van der Waals surface area contributed by atoms with Gasteiger partial charge in [-0.25, -0.2) is 0 Å². The summed E-state index contributed by atoms with van der Waals surface area (Å²) in [4.78, 5) is 10.8. The van der Waals surface area contributed by atoms with Gasteiger partial charge in [0.1, 0.15) is 5.75 Å². The average molecular weight is 411 g/mol. The molecule has 0 heterocycles. The van der Waals surface area contributed by atoms with Crippen molar-refractivity contribution in [1.29, 1.82) is 0 Å². The number of hydrogen-bond donors (Lipinski definition) is 2. The first-order valence-electron chi connectivity index (χ1n) is 10.8. The highest BCUT2D eigenvalue weighted by atomic mass is 35.5. The number of aromatic hydroxyl groups is 1. The van der Waals surface area contributed by atoms with E-state index in [1.165, 1.54) is 38.5 Å². The molecule has 0 atom stereocenters. The summed E-state index contributed by atoms with van der Waals surface area (Å²) >= 11 is 6.58. The first-order chi connectivity index (χ1) is 13.9. The Hall–Kier alpha value is -2.00. The predicted molar refractivity (Wildman–Crippen MR) is 114 cm³/mol. The van der Waals surface area contributed by atoms with E-state index >= 15 is 0 Å².